The molecule has 39 heavy (non-hydrogen) atoms. The van der Waals surface area contributed by atoms with E-state index >= 15 is 0 Å². The second kappa shape index (κ2) is 12.3. The molecule has 1 N–H and O–H groups in total. The Morgan fingerprint density at radius 2 is 1.59 bits per heavy atom. The van der Waals surface area contributed by atoms with E-state index in [1.165, 1.54) is 14.2 Å². The van der Waals surface area contributed by atoms with E-state index in [0.29, 0.717) is 5.69 Å². The predicted molar refractivity (Wildman–Crippen MR) is 137 cm³/mol. The lowest BCUT2D eigenvalue weighted by Gasteiger charge is -2.18. The Labute approximate surface area is 221 Å². The van der Waals surface area contributed by atoms with Crippen LogP contribution in [0.1, 0.15) is 26.4 Å². The summed E-state index contributed by atoms with van der Waals surface area (Å²) in [5, 5.41) is 16.3. The molecule has 0 saturated heterocycles. The van der Waals surface area contributed by atoms with E-state index in [0.717, 1.165) is 27.4 Å². The first-order chi connectivity index (χ1) is 18.7. The van der Waals surface area contributed by atoms with Crippen LogP contribution in [0.4, 0.5) is 11.4 Å². The number of hydrogen-bond donors (Lipinski definition) is 1. The summed E-state index contributed by atoms with van der Waals surface area (Å²) in [6.45, 7) is 0. The third-order valence-electron chi connectivity index (χ3n) is 5.49. The van der Waals surface area contributed by atoms with Crippen molar-refractivity contribution in [2.45, 2.75) is 6.42 Å². The number of nitro benzene ring substituents is 1. The molecule has 0 fully saturated rings. The van der Waals surface area contributed by atoms with Gasteiger partial charge in [0.2, 0.25) is 0 Å². The zero-order valence-electron chi connectivity index (χ0n) is 21.6. The van der Waals surface area contributed by atoms with Crippen molar-refractivity contribution in [2.75, 3.05) is 41.0 Å². The summed E-state index contributed by atoms with van der Waals surface area (Å²) in [6.07, 6.45) is -0.488. The average molecular weight is 540 g/mol. The number of nitrogens with zero attached hydrogens (tertiary/aromatic N) is 3. The fourth-order valence-electron chi connectivity index (χ4n) is 3.79. The van der Waals surface area contributed by atoms with Crippen LogP contribution in [0.3, 0.4) is 0 Å². The van der Waals surface area contributed by atoms with Crippen LogP contribution in [0.25, 0.3) is 10.9 Å². The molecule has 0 radical (unpaired) electrons. The number of aromatic nitrogens is 1. The maximum absolute atomic E-state index is 12.8. The Morgan fingerprint density at radius 1 is 0.949 bits per heavy atom. The zero-order chi connectivity index (χ0) is 28.7. The van der Waals surface area contributed by atoms with Gasteiger partial charge in [-0.15, -0.1) is 0 Å². The van der Waals surface area contributed by atoms with Crippen molar-refractivity contribution in [3.05, 3.63) is 63.3 Å². The molecule has 14 heteroatoms. The van der Waals surface area contributed by atoms with Crippen molar-refractivity contribution in [1.29, 1.82) is 0 Å². The molecule has 0 bridgehead atoms. The van der Waals surface area contributed by atoms with E-state index in [9.17, 15) is 24.5 Å². The summed E-state index contributed by atoms with van der Waals surface area (Å²) in [7, 11) is 5.76. The molecule has 0 saturated carbocycles. The first-order valence-electron chi connectivity index (χ1n) is 11.1. The number of nitro groups is 1. The highest BCUT2D eigenvalue weighted by Crippen LogP contribution is 2.46. The summed E-state index contributed by atoms with van der Waals surface area (Å²) in [4.78, 5) is 53.6. The molecule has 0 aliphatic rings. The fraction of sp³-hybridized carbons (Fsp3) is 0.240. The number of para-hydroxylation sites is 1. The number of methoxy groups -OCH3 is 5. The summed E-state index contributed by atoms with van der Waals surface area (Å²) < 4.78 is 25.3. The van der Waals surface area contributed by atoms with Crippen LogP contribution in [0.15, 0.2) is 41.5 Å². The SMILES string of the molecule is COC(=O)/C(Cc1c(OC)c(OC)c2nc(C(=O)OC)cc(C(=O)OC)c2c1[N+](=O)[O-])=N\Nc1ccccc1. The van der Waals surface area contributed by atoms with Crippen LogP contribution in [-0.4, -0.2) is 69.1 Å². The average Bonchev–Trinajstić information content (AvgIpc) is 2.96. The molecule has 2 aromatic carbocycles. The largest absolute Gasteiger partial charge is 0.492 e. The molecule has 0 aliphatic carbocycles. The van der Waals surface area contributed by atoms with Gasteiger partial charge in [-0.25, -0.2) is 19.4 Å². The van der Waals surface area contributed by atoms with Crippen LogP contribution in [0.5, 0.6) is 11.5 Å². The molecule has 1 aromatic heterocycles. The highest BCUT2D eigenvalue weighted by molar-refractivity contribution is 6.37. The molecule has 0 aliphatic heterocycles. The summed E-state index contributed by atoms with van der Waals surface area (Å²) >= 11 is 0. The van der Waals surface area contributed by atoms with E-state index in [-0.39, 0.29) is 44.9 Å². The molecule has 1 heterocycles. The molecule has 0 unspecified atom stereocenters. The number of nitrogens with one attached hydrogen (secondary N) is 1. The monoisotopic (exact) mass is 540 g/mol. The Balaban J connectivity index is 2.42. The van der Waals surface area contributed by atoms with E-state index in [1.54, 1.807) is 30.3 Å². The van der Waals surface area contributed by atoms with E-state index in [4.69, 9.17) is 23.7 Å². The smallest absolute Gasteiger partial charge is 0.356 e. The Morgan fingerprint density at radius 3 is 2.13 bits per heavy atom. The lowest BCUT2D eigenvalue weighted by atomic mass is 9.96. The summed E-state index contributed by atoms with van der Waals surface area (Å²) in [6, 6.07) is 9.64. The summed E-state index contributed by atoms with van der Waals surface area (Å²) in [5.41, 5.74) is 1.20. The first kappa shape index (κ1) is 28.3. The molecular formula is C25H24N4O10. The van der Waals surface area contributed by atoms with Gasteiger partial charge in [0, 0.05) is 6.42 Å². The van der Waals surface area contributed by atoms with Crippen LogP contribution < -0.4 is 14.9 Å². The van der Waals surface area contributed by atoms with E-state index in [2.05, 4.69) is 15.5 Å². The first-order valence-corrected chi connectivity index (χ1v) is 11.1. The normalized spacial score (nSPS) is 10.9. The highest BCUT2D eigenvalue weighted by Gasteiger charge is 2.35. The van der Waals surface area contributed by atoms with Gasteiger partial charge in [-0.1, -0.05) is 18.2 Å². The number of hydrazone groups is 1. The second-order valence-electron chi connectivity index (χ2n) is 7.62. The third-order valence-corrected chi connectivity index (χ3v) is 5.49. The number of carbonyl (C=O) groups excluding carboxylic acids is 3. The molecular weight excluding hydrogens is 516 g/mol. The number of ether oxygens (including phenoxy) is 5. The molecule has 204 valence electrons. The number of hydrogen-bond acceptors (Lipinski definition) is 13. The van der Waals surface area contributed by atoms with Crippen LogP contribution in [0.2, 0.25) is 0 Å². The molecule has 3 rings (SSSR count). The van der Waals surface area contributed by atoms with Crippen molar-refractivity contribution in [1.82, 2.24) is 4.98 Å². The standard InChI is InChI=1S/C25H24N4O10/c1-35-21-15(12-17(25(32)39-5)28-27-13-9-7-6-8-10-13)20(29(33)34)18-14(23(30)37-3)11-16(24(31)38-4)26-19(18)22(21)36-2/h6-11,27H,12H2,1-5H3/b28-17-. The van der Waals surface area contributed by atoms with E-state index < -0.39 is 34.9 Å². The number of carbonyl (C=O) groups is 3. The van der Waals surface area contributed by atoms with Crippen molar-refractivity contribution in [2.24, 2.45) is 5.10 Å². The Hall–Kier alpha value is -5.27. The Kier molecular flexibility index (Phi) is 8.94. The number of pyridine rings is 1. The van der Waals surface area contributed by atoms with Crippen molar-refractivity contribution in [3.63, 3.8) is 0 Å². The quantitative estimate of drug-likeness (QED) is 0.131. The predicted octanol–water partition coefficient (Wildman–Crippen LogP) is 2.92. The second-order valence-corrected chi connectivity index (χ2v) is 7.62. The van der Waals surface area contributed by atoms with Crippen LogP contribution in [0, 0.1) is 10.1 Å². The number of anilines is 1. The lowest BCUT2D eigenvalue weighted by Crippen LogP contribution is -2.21. The number of fused-ring (bicyclic) bond motifs is 1. The highest BCUT2D eigenvalue weighted by atomic mass is 16.6. The maximum Gasteiger partial charge on any atom is 0.356 e. The van der Waals surface area contributed by atoms with Crippen LogP contribution in [-0.2, 0) is 25.4 Å². The van der Waals surface area contributed by atoms with Gasteiger partial charge < -0.3 is 23.7 Å². The fourth-order valence-corrected chi connectivity index (χ4v) is 3.79. The Bertz CT molecular complexity index is 1470. The zero-order valence-corrected chi connectivity index (χ0v) is 21.6. The van der Waals surface area contributed by atoms with Crippen molar-refractivity contribution >= 4 is 45.9 Å². The minimum Gasteiger partial charge on any atom is -0.492 e. The number of rotatable bonds is 10. The molecule has 0 spiro atoms. The van der Waals surface area contributed by atoms with Gasteiger partial charge in [0.15, 0.2) is 17.2 Å². The molecule has 0 amide bonds. The topological polar surface area (TPSA) is 178 Å². The molecule has 0 atom stereocenters. The van der Waals surface area contributed by atoms with Gasteiger partial charge in [0.05, 0.1) is 62.7 Å². The lowest BCUT2D eigenvalue weighted by molar-refractivity contribution is -0.383. The minimum absolute atomic E-state index is 0.149. The number of benzene rings is 2. The van der Waals surface area contributed by atoms with Gasteiger partial charge >= 0.3 is 17.9 Å². The maximum atomic E-state index is 12.8. The van der Waals surface area contributed by atoms with Crippen molar-refractivity contribution < 1.29 is 43.0 Å². The van der Waals surface area contributed by atoms with Gasteiger partial charge in [0.1, 0.15) is 11.2 Å². The van der Waals surface area contributed by atoms with Crippen LogP contribution >= 0.6 is 0 Å². The summed E-state index contributed by atoms with van der Waals surface area (Å²) in [5.74, 6) is -3.13. The molecule has 14 nitrogen and oxygen atoms in total. The van der Waals surface area contributed by atoms with Gasteiger partial charge in [-0.05, 0) is 18.2 Å². The van der Waals surface area contributed by atoms with Crippen molar-refractivity contribution in [3.8, 4) is 11.5 Å². The van der Waals surface area contributed by atoms with Gasteiger partial charge in [-0.3, -0.25) is 15.5 Å². The van der Waals surface area contributed by atoms with E-state index in [1.807, 2.05) is 0 Å². The third kappa shape index (κ3) is 5.69. The van der Waals surface area contributed by atoms with Gasteiger partial charge in [0.25, 0.3) is 5.69 Å². The van der Waals surface area contributed by atoms with Gasteiger partial charge in [-0.2, -0.15) is 5.10 Å². The molecule has 3 aromatic rings. The number of esters is 3. The minimum atomic E-state index is -0.999.